The van der Waals surface area contributed by atoms with Gasteiger partial charge in [0.1, 0.15) is 5.60 Å². The molecule has 3 amide bonds. The second-order valence-electron chi connectivity index (χ2n) is 8.22. The molecule has 0 aromatic rings. The molecule has 1 saturated heterocycles. The zero-order chi connectivity index (χ0) is 17.7. The highest BCUT2D eigenvalue weighted by molar-refractivity contribution is 5.74. The Hall–Kier alpha value is -1.46. The molecule has 0 atom stereocenters. The van der Waals surface area contributed by atoms with Crippen LogP contribution in [0.2, 0.25) is 0 Å². The van der Waals surface area contributed by atoms with E-state index in [9.17, 15) is 9.59 Å². The van der Waals surface area contributed by atoms with Crippen LogP contribution in [0, 0.1) is 5.92 Å². The van der Waals surface area contributed by atoms with Crippen molar-refractivity contribution in [3.05, 3.63) is 0 Å². The van der Waals surface area contributed by atoms with Gasteiger partial charge in [-0.3, -0.25) is 0 Å². The van der Waals surface area contributed by atoms with E-state index in [2.05, 4.69) is 5.32 Å². The molecule has 0 radical (unpaired) electrons. The summed E-state index contributed by atoms with van der Waals surface area (Å²) in [5.41, 5.74) is -0.452. The lowest BCUT2D eigenvalue weighted by atomic mass is 9.96. The average Bonchev–Trinajstić information content (AvgIpc) is 2.99. The Kier molecular flexibility index (Phi) is 6.35. The molecule has 2 rings (SSSR count). The number of ether oxygens (including phenoxy) is 1. The Morgan fingerprint density at radius 1 is 1.12 bits per heavy atom. The Morgan fingerprint density at radius 2 is 1.71 bits per heavy atom. The number of likely N-dealkylation sites (tertiary alicyclic amines) is 1. The first-order chi connectivity index (χ1) is 11.2. The first-order valence-electron chi connectivity index (χ1n) is 9.24. The SMILES string of the molecule is CN(CC1CCN(C(=O)OC(C)(C)C)CC1)C(=O)NC1CCCC1. The topological polar surface area (TPSA) is 61.9 Å². The van der Waals surface area contributed by atoms with Crippen LogP contribution in [0.15, 0.2) is 0 Å². The molecule has 0 aromatic heterocycles. The number of carbonyl (C=O) groups excluding carboxylic acids is 2. The number of amides is 3. The van der Waals surface area contributed by atoms with Crippen LogP contribution in [-0.4, -0.2) is 60.2 Å². The van der Waals surface area contributed by atoms with E-state index in [-0.39, 0.29) is 12.1 Å². The van der Waals surface area contributed by atoms with E-state index < -0.39 is 5.60 Å². The molecule has 1 saturated carbocycles. The van der Waals surface area contributed by atoms with Crippen molar-refractivity contribution in [1.82, 2.24) is 15.1 Å². The van der Waals surface area contributed by atoms with E-state index in [1.54, 1.807) is 9.80 Å². The summed E-state index contributed by atoms with van der Waals surface area (Å²) >= 11 is 0. The van der Waals surface area contributed by atoms with Gasteiger partial charge < -0.3 is 19.9 Å². The number of carbonyl (C=O) groups is 2. The van der Waals surface area contributed by atoms with Crippen LogP contribution in [0.4, 0.5) is 9.59 Å². The summed E-state index contributed by atoms with van der Waals surface area (Å²) in [7, 11) is 1.87. The number of piperidine rings is 1. The van der Waals surface area contributed by atoms with Crippen LogP contribution in [0.25, 0.3) is 0 Å². The minimum absolute atomic E-state index is 0.0384. The summed E-state index contributed by atoms with van der Waals surface area (Å²) < 4.78 is 5.42. The molecule has 0 unspecified atom stereocenters. The summed E-state index contributed by atoms with van der Waals surface area (Å²) in [5, 5.41) is 3.12. The molecular weight excluding hydrogens is 306 g/mol. The van der Waals surface area contributed by atoms with Gasteiger partial charge in [0.2, 0.25) is 0 Å². The first-order valence-corrected chi connectivity index (χ1v) is 9.24. The largest absolute Gasteiger partial charge is 0.444 e. The van der Waals surface area contributed by atoms with Gasteiger partial charge in [-0.05, 0) is 52.4 Å². The third-order valence-electron chi connectivity index (χ3n) is 4.83. The minimum Gasteiger partial charge on any atom is -0.444 e. The van der Waals surface area contributed by atoms with Gasteiger partial charge in [0.15, 0.2) is 0 Å². The van der Waals surface area contributed by atoms with Gasteiger partial charge in [0, 0.05) is 32.7 Å². The van der Waals surface area contributed by atoms with Crippen LogP contribution in [0.3, 0.4) is 0 Å². The quantitative estimate of drug-likeness (QED) is 0.859. The molecule has 1 heterocycles. The van der Waals surface area contributed by atoms with Crippen molar-refractivity contribution in [2.45, 2.75) is 70.9 Å². The number of urea groups is 1. The smallest absolute Gasteiger partial charge is 0.410 e. The summed E-state index contributed by atoms with van der Waals surface area (Å²) in [6.45, 7) is 7.82. The molecule has 6 nitrogen and oxygen atoms in total. The molecule has 6 heteroatoms. The highest BCUT2D eigenvalue weighted by atomic mass is 16.6. The summed E-state index contributed by atoms with van der Waals surface area (Å²) in [5.74, 6) is 0.447. The lowest BCUT2D eigenvalue weighted by Crippen LogP contribution is -2.46. The Balaban J connectivity index is 1.70. The van der Waals surface area contributed by atoms with E-state index in [1.807, 2.05) is 27.8 Å². The third-order valence-corrected chi connectivity index (χ3v) is 4.83. The number of rotatable bonds is 3. The minimum atomic E-state index is -0.452. The van der Waals surface area contributed by atoms with E-state index >= 15 is 0 Å². The van der Waals surface area contributed by atoms with Crippen molar-refractivity contribution >= 4 is 12.1 Å². The van der Waals surface area contributed by atoms with Crippen LogP contribution in [-0.2, 0) is 4.74 Å². The van der Waals surface area contributed by atoms with Crippen molar-refractivity contribution in [3.8, 4) is 0 Å². The standard InChI is InChI=1S/C18H33N3O3/c1-18(2,3)24-17(23)21-11-9-14(10-12-21)13-20(4)16(22)19-15-7-5-6-8-15/h14-15H,5-13H2,1-4H3,(H,19,22). The molecule has 2 fully saturated rings. The van der Waals surface area contributed by atoms with E-state index in [4.69, 9.17) is 4.74 Å². The van der Waals surface area contributed by atoms with Gasteiger partial charge in [0.05, 0.1) is 0 Å². The second kappa shape index (κ2) is 8.08. The molecular formula is C18H33N3O3. The van der Waals surface area contributed by atoms with Gasteiger partial charge in [-0.1, -0.05) is 12.8 Å². The lowest BCUT2D eigenvalue weighted by molar-refractivity contribution is 0.0176. The Morgan fingerprint density at radius 3 is 2.25 bits per heavy atom. The highest BCUT2D eigenvalue weighted by Gasteiger charge is 2.28. The maximum absolute atomic E-state index is 12.2. The summed E-state index contributed by atoms with van der Waals surface area (Å²) in [4.78, 5) is 27.9. The zero-order valence-corrected chi connectivity index (χ0v) is 15.6. The van der Waals surface area contributed by atoms with E-state index in [1.165, 1.54) is 12.8 Å². The molecule has 0 aromatic carbocycles. The normalized spacial score (nSPS) is 20.1. The molecule has 2 aliphatic rings. The maximum atomic E-state index is 12.2. The Bertz CT molecular complexity index is 433. The van der Waals surface area contributed by atoms with Gasteiger partial charge in [-0.25, -0.2) is 9.59 Å². The average molecular weight is 339 g/mol. The predicted octanol–water partition coefficient (Wildman–Crippen LogP) is 3.22. The van der Waals surface area contributed by atoms with Gasteiger partial charge in [-0.15, -0.1) is 0 Å². The van der Waals surface area contributed by atoms with Crippen LogP contribution < -0.4 is 5.32 Å². The number of nitrogens with one attached hydrogen (secondary N) is 1. The van der Waals surface area contributed by atoms with Crippen molar-refractivity contribution in [3.63, 3.8) is 0 Å². The first kappa shape index (κ1) is 18.9. The third kappa shape index (κ3) is 5.87. The van der Waals surface area contributed by atoms with Gasteiger partial charge in [-0.2, -0.15) is 0 Å². The lowest BCUT2D eigenvalue weighted by Gasteiger charge is -2.35. The molecule has 1 N–H and O–H groups in total. The maximum Gasteiger partial charge on any atom is 0.410 e. The molecule has 1 aliphatic carbocycles. The summed E-state index contributed by atoms with van der Waals surface area (Å²) in [6, 6.07) is 0.394. The molecule has 24 heavy (non-hydrogen) atoms. The zero-order valence-electron chi connectivity index (χ0n) is 15.6. The van der Waals surface area contributed by atoms with Crippen LogP contribution in [0.1, 0.15) is 59.3 Å². The molecule has 0 bridgehead atoms. The second-order valence-corrected chi connectivity index (χ2v) is 8.22. The fourth-order valence-corrected chi connectivity index (χ4v) is 3.45. The van der Waals surface area contributed by atoms with Crippen molar-refractivity contribution in [2.75, 3.05) is 26.7 Å². The van der Waals surface area contributed by atoms with Crippen LogP contribution in [0.5, 0.6) is 0 Å². The fourth-order valence-electron chi connectivity index (χ4n) is 3.45. The monoisotopic (exact) mass is 339 g/mol. The van der Waals surface area contributed by atoms with Crippen LogP contribution >= 0.6 is 0 Å². The molecule has 0 spiro atoms. The fraction of sp³-hybridized carbons (Fsp3) is 0.889. The van der Waals surface area contributed by atoms with E-state index in [0.717, 1.165) is 32.2 Å². The summed E-state index contributed by atoms with van der Waals surface area (Å²) in [6.07, 6.45) is 6.26. The van der Waals surface area contributed by atoms with Crippen molar-refractivity contribution in [2.24, 2.45) is 5.92 Å². The predicted molar refractivity (Wildman–Crippen MR) is 93.9 cm³/mol. The van der Waals surface area contributed by atoms with Crippen molar-refractivity contribution in [1.29, 1.82) is 0 Å². The van der Waals surface area contributed by atoms with Crippen molar-refractivity contribution < 1.29 is 14.3 Å². The Labute approximate surface area is 145 Å². The van der Waals surface area contributed by atoms with Gasteiger partial charge in [0.25, 0.3) is 0 Å². The number of hydrogen-bond donors (Lipinski definition) is 1. The van der Waals surface area contributed by atoms with E-state index in [0.29, 0.717) is 25.0 Å². The molecule has 1 aliphatic heterocycles. The molecule has 138 valence electrons. The van der Waals surface area contributed by atoms with Gasteiger partial charge >= 0.3 is 12.1 Å². The number of hydrogen-bond acceptors (Lipinski definition) is 3. The highest BCUT2D eigenvalue weighted by Crippen LogP contribution is 2.21. The number of nitrogens with zero attached hydrogens (tertiary/aromatic N) is 2.